The molecule has 6 heteroatoms. The van der Waals surface area contributed by atoms with E-state index in [9.17, 15) is 8.42 Å². The second-order valence-electron chi connectivity index (χ2n) is 7.41. The highest BCUT2D eigenvalue weighted by Gasteiger charge is 2.05. The maximum Gasteiger partial charge on any atom is 0.294 e. The van der Waals surface area contributed by atoms with E-state index in [0.717, 1.165) is 12.1 Å². The monoisotopic (exact) mass is 431 g/mol. The minimum atomic E-state index is -4.00. The highest BCUT2D eigenvalue weighted by molar-refractivity contribution is 7.85. The molecule has 0 spiro atoms. The molecule has 0 fully saturated rings. The van der Waals surface area contributed by atoms with Crippen LogP contribution in [0.25, 0.3) is 0 Å². The van der Waals surface area contributed by atoms with E-state index in [-0.39, 0.29) is 4.90 Å². The van der Waals surface area contributed by atoms with E-state index in [1.807, 2.05) is 24.5 Å². The normalized spacial score (nSPS) is 10.7. The van der Waals surface area contributed by atoms with Crippen LogP contribution >= 0.6 is 0 Å². The van der Waals surface area contributed by atoms with Crippen molar-refractivity contribution in [1.82, 2.24) is 0 Å². The van der Waals surface area contributed by atoms with Gasteiger partial charge in [0.15, 0.2) is 12.4 Å². The summed E-state index contributed by atoms with van der Waals surface area (Å²) in [6, 6.07) is 13.3. The molecule has 0 radical (unpaired) electrons. The summed E-state index contributed by atoms with van der Waals surface area (Å²) in [4.78, 5) is -0.0741. The van der Waals surface area contributed by atoms with Gasteiger partial charge in [-0.2, -0.15) is 13.7 Å². The van der Waals surface area contributed by atoms with Crippen LogP contribution in [-0.2, 0) is 16.7 Å². The van der Waals surface area contributed by atoms with Gasteiger partial charge in [-0.1, -0.05) is 76.5 Å². The maximum atomic E-state index is 10.4. The highest BCUT2D eigenvalue weighted by Crippen LogP contribution is 2.10. The first-order valence-electron chi connectivity index (χ1n) is 10.9. The molecule has 0 saturated carbocycles. The molecule has 0 saturated heterocycles. The van der Waals surface area contributed by atoms with Crippen LogP contribution in [0.15, 0.2) is 59.8 Å². The van der Waals surface area contributed by atoms with Crippen molar-refractivity contribution < 1.29 is 17.5 Å². The SMILES string of the molecule is CCCCCCCCCCCC[n+]1ccc(C#N)cc1.O=S(=O)(O)c1ccccc1. The molecule has 0 atom stereocenters. The van der Waals surface area contributed by atoms with E-state index in [2.05, 4.69) is 17.6 Å². The molecular weight excluding hydrogens is 396 g/mol. The summed E-state index contributed by atoms with van der Waals surface area (Å²) in [5.41, 5.74) is 0.740. The lowest BCUT2D eigenvalue weighted by molar-refractivity contribution is -0.697. The number of nitrogens with zero attached hydrogens (tertiary/aromatic N) is 2. The van der Waals surface area contributed by atoms with E-state index < -0.39 is 10.1 Å². The fourth-order valence-corrected chi connectivity index (χ4v) is 3.56. The average molecular weight is 432 g/mol. The number of aromatic nitrogens is 1. The molecule has 2 aromatic rings. The van der Waals surface area contributed by atoms with Crippen LogP contribution in [0.2, 0.25) is 0 Å². The Kier molecular flexibility index (Phi) is 13.4. The Morgan fingerprint density at radius 1 is 0.833 bits per heavy atom. The summed E-state index contributed by atoms with van der Waals surface area (Å²) in [7, 11) is -4.00. The van der Waals surface area contributed by atoms with Crippen molar-refractivity contribution in [1.29, 1.82) is 5.26 Å². The van der Waals surface area contributed by atoms with Gasteiger partial charge in [-0.25, -0.2) is 4.57 Å². The molecule has 0 aliphatic carbocycles. The summed E-state index contributed by atoms with van der Waals surface area (Å²) >= 11 is 0. The molecule has 2 rings (SSSR count). The Morgan fingerprint density at radius 2 is 1.33 bits per heavy atom. The smallest absolute Gasteiger partial charge is 0.282 e. The first kappa shape index (κ1) is 25.8. The van der Waals surface area contributed by atoms with Crippen molar-refractivity contribution in [2.24, 2.45) is 0 Å². The number of rotatable bonds is 12. The molecule has 0 bridgehead atoms. The minimum absolute atomic E-state index is 0.0741. The molecule has 5 nitrogen and oxygen atoms in total. The third-order valence-electron chi connectivity index (χ3n) is 4.83. The van der Waals surface area contributed by atoms with Crippen LogP contribution in [0.4, 0.5) is 0 Å². The second kappa shape index (κ2) is 15.6. The number of benzene rings is 1. The molecule has 1 aromatic carbocycles. The van der Waals surface area contributed by atoms with Gasteiger partial charge in [0.1, 0.15) is 6.54 Å². The molecule has 0 unspecified atom stereocenters. The Hall–Kier alpha value is -2.23. The predicted octanol–water partition coefficient (Wildman–Crippen LogP) is 5.70. The van der Waals surface area contributed by atoms with Gasteiger partial charge in [0.2, 0.25) is 0 Å². The van der Waals surface area contributed by atoms with Gasteiger partial charge in [0.05, 0.1) is 16.5 Å². The van der Waals surface area contributed by atoms with Gasteiger partial charge in [-0.05, 0) is 18.6 Å². The van der Waals surface area contributed by atoms with Crippen molar-refractivity contribution in [3.05, 3.63) is 60.4 Å². The number of hydrogen-bond donors (Lipinski definition) is 1. The van der Waals surface area contributed by atoms with Gasteiger partial charge < -0.3 is 0 Å². The minimum Gasteiger partial charge on any atom is -0.282 e. The lowest BCUT2D eigenvalue weighted by Gasteiger charge is -2.01. The molecular formula is C24H35N2O3S+. The van der Waals surface area contributed by atoms with Crippen molar-refractivity contribution in [3.8, 4) is 6.07 Å². The molecule has 1 heterocycles. The second-order valence-corrected chi connectivity index (χ2v) is 8.83. The average Bonchev–Trinajstić information content (AvgIpc) is 2.76. The number of unbranched alkanes of at least 4 members (excludes halogenated alkanes) is 9. The van der Waals surface area contributed by atoms with E-state index in [0.29, 0.717) is 0 Å². The zero-order chi connectivity index (χ0) is 22.1. The molecule has 1 N–H and O–H groups in total. The van der Waals surface area contributed by atoms with Gasteiger partial charge in [0, 0.05) is 18.6 Å². The Morgan fingerprint density at radius 3 is 1.77 bits per heavy atom. The third kappa shape index (κ3) is 12.4. The molecule has 0 aliphatic heterocycles. The van der Waals surface area contributed by atoms with Crippen LogP contribution < -0.4 is 4.57 Å². The van der Waals surface area contributed by atoms with Gasteiger partial charge >= 0.3 is 0 Å². The van der Waals surface area contributed by atoms with Crippen molar-refractivity contribution >= 4 is 10.1 Å². The van der Waals surface area contributed by atoms with E-state index in [4.69, 9.17) is 9.81 Å². The van der Waals surface area contributed by atoms with Crippen molar-refractivity contribution in [3.63, 3.8) is 0 Å². The Labute approximate surface area is 182 Å². The van der Waals surface area contributed by atoms with Crippen LogP contribution in [0.5, 0.6) is 0 Å². The molecule has 0 amide bonds. The first-order chi connectivity index (χ1) is 14.5. The molecule has 164 valence electrons. The summed E-state index contributed by atoms with van der Waals surface area (Å²) in [5, 5.41) is 8.73. The summed E-state index contributed by atoms with van der Waals surface area (Å²) in [6.45, 7) is 3.34. The number of aryl methyl sites for hydroxylation is 1. The first-order valence-corrected chi connectivity index (χ1v) is 12.3. The van der Waals surface area contributed by atoms with Crippen LogP contribution in [0, 0.1) is 11.3 Å². The fourth-order valence-electron chi connectivity index (χ4n) is 3.06. The van der Waals surface area contributed by atoms with Crippen molar-refractivity contribution in [2.45, 2.75) is 82.6 Å². The van der Waals surface area contributed by atoms with E-state index >= 15 is 0 Å². The largest absolute Gasteiger partial charge is 0.294 e. The number of nitriles is 1. The van der Waals surface area contributed by atoms with E-state index in [1.54, 1.807) is 18.2 Å². The van der Waals surface area contributed by atoms with Crippen LogP contribution in [0.3, 0.4) is 0 Å². The molecule has 0 aliphatic rings. The molecule has 30 heavy (non-hydrogen) atoms. The topological polar surface area (TPSA) is 82.0 Å². The lowest BCUT2D eigenvalue weighted by Crippen LogP contribution is -2.32. The van der Waals surface area contributed by atoms with Gasteiger partial charge in [-0.3, -0.25) is 4.55 Å². The maximum absolute atomic E-state index is 10.4. The Balaban J connectivity index is 0.000000375. The standard InChI is InChI=1S/C18H29N2.C6H6O3S/c1-2-3-4-5-6-7-8-9-10-11-14-20-15-12-18(17-19)13-16-20;7-10(8,9)6-4-2-1-3-5-6/h12-13,15-16H,2-11,14H2,1H3;1-5H,(H,7,8,9)/q+1;. The zero-order valence-corrected chi connectivity index (χ0v) is 18.9. The lowest BCUT2D eigenvalue weighted by atomic mass is 10.1. The summed E-state index contributed by atoms with van der Waals surface area (Å²) in [5.74, 6) is 0. The highest BCUT2D eigenvalue weighted by atomic mass is 32.2. The van der Waals surface area contributed by atoms with E-state index in [1.165, 1.54) is 76.3 Å². The van der Waals surface area contributed by atoms with Gasteiger partial charge in [-0.15, -0.1) is 0 Å². The summed E-state index contributed by atoms with van der Waals surface area (Å²) in [6.07, 6.45) is 17.8. The van der Waals surface area contributed by atoms with Gasteiger partial charge in [0.25, 0.3) is 10.1 Å². The fraction of sp³-hybridized carbons (Fsp3) is 0.500. The number of pyridine rings is 1. The molecule has 1 aromatic heterocycles. The zero-order valence-electron chi connectivity index (χ0n) is 18.0. The van der Waals surface area contributed by atoms with Crippen molar-refractivity contribution in [2.75, 3.05) is 0 Å². The van der Waals surface area contributed by atoms with Crippen LogP contribution in [0.1, 0.15) is 76.7 Å². The van der Waals surface area contributed by atoms with Crippen LogP contribution in [-0.4, -0.2) is 13.0 Å². The quantitative estimate of drug-likeness (QED) is 0.265. The predicted molar refractivity (Wildman–Crippen MR) is 119 cm³/mol. The summed E-state index contributed by atoms with van der Waals surface area (Å²) < 4.78 is 31.4. The number of hydrogen-bond acceptors (Lipinski definition) is 3. The Bertz CT molecular complexity index is 829. The third-order valence-corrected chi connectivity index (χ3v) is 5.70.